The molecular weight excluding hydrogens is 297 g/mol. The molecule has 0 aliphatic heterocycles. The van der Waals surface area contributed by atoms with Crippen LogP contribution >= 0.6 is 0 Å². The van der Waals surface area contributed by atoms with Crippen LogP contribution in [-0.4, -0.2) is 27.3 Å². The molecule has 0 bridgehead atoms. The van der Waals surface area contributed by atoms with Gasteiger partial charge in [0.25, 0.3) is 5.91 Å². The molecule has 1 unspecified atom stereocenters. The van der Waals surface area contributed by atoms with Gasteiger partial charge in [0.15, 0.2) is 0 Å². The van der Waals surface area contributed by atoms with Crippen molar-refractivity contribution in [1.82, 2.24) is 15.1 Å². The Morgan fingerprint density at radius 1 is 1.39 bits per heavy atom. The van der Waals surface area contributed by atoms with Crippen LogP contribution < -0.4 is 5.32 Å². The fourth-order valence-corrected chi connectivity index (χ4v) is 2.39. The van der Waals surface area contributed by atoms with Gasteiger partial charge in [0, 0.05) is 12.7 Å². The molecule has 5 nitrogen and oxygen atoms in total. The second-order valence-corrected chi connectivity index (χ2v) is 6.20. The molecule has 6 heteroatoms. The van der Waals surface area contributed by atoms with Crippen LogP contribution in [0.2, 0.25) is 0 Å². The number of benzene rings is 1. The Morgan fingerprint density at radius 2 is 2.00 bits per heavy atom. The van der Waals surface area contributed by atoms with Crippen molar-refractivity contribution < 1.29 is 14.3 Å². The number of aliphatic hydroxyl groups is 1. The Balaban J connectivity index is 2.06. The molecule has 0 radical (unpaired) electrons. The fourth-order valence-electron chi connectivity index (χ4n) is 2.39. The number of hydrogen-bond donors (Lipinski definition) is 2. The molecule has 124 valence electrons. The first-order valence-corrected chi connectivity index (χ1v) is 7.51. The zero-order valence-electron chi connectivity index (χ0n) is 13.8. The monoisotopic (exact) mass is 319 g/mol. The lowest BCUT2D eigenvalue weighted by molar-refractivity contribution is 0.0524. The van der Waals surface area contributed by atoms with Crippen LogP contribution in [0.1, 0.15) is 48.4 Å². The van der Waals surface area contributed by atoms with Crippen molar-refractivity contribution in [3.8, 4) is 0 Å². The number of nitrogens with one attached hydrogen (secondary N) is 1. The minimum Gasteiger partial charge on any atom is -0.384 e. The molecule has 0 saturated carbocycles. The Hall–Kier alpha value is -2.21. The molecule has 0 saturated heterocycles. The smallest absolute Gasteiger partial charge is 0.271 e. The van der Waals surface area contributed by atoms with Crippen LogP contribution in [-0.2, 0) is 12.6 Å². The Kier molecular flexibility index (Phi) is 4.85. The molecule has 0 fully saturated rings. The van der Waals surface area contributed by atoms with Crippen LogP contribution in [0.3, 0.4) is 0 Å². The van der Waals surface area contributed by atoms with E-state index in [1.54, 1.807) is 24.7 Å². The lowest BCUT2D eigenvalue weighted by Gasteiger charge is -2.24. The second kappa shape index (κ2) is 6.50. The highest BCUT2D eigenvalue weighted by molar-refractivity contribution is 5.92. The lowest BCUT2D eigenvalue weighted by atomic mass is 9.96. The average molecular weight is 319 g/mol. The third-order valence-corrected chi connectivity index (χ3v) is 3.80. The van der Waals surface area contributed by atoms with Crippen LogP contribution in [0.5, 0.6) is 0 Å². The lowest BCUT2D eigenvalue weighted by Crippen LogP contribution is -2.38. The van der Waals surface area contributed by atoms with E-state index < -0.39 is 5.60 Å². The molecule has 1 atom stereocenters. The summed E-state index contributed by atoms with van der Waals surface area (Å²) >= 11 is 0. The molecule has 0 aliphatic rings. The largest absolute Gasteiger partial charge is 0.384 e. The summed E-state index contributed by atoms with van der Waals surface area (Å²) in [6, 6.07) is 7.30. The summed E-state index contributed by atoms with van der Waals surface area (Å²) in [5.41, 5.74) is 0.508. The van der Waals surface area contributed by atoms with Crippen molar-refractivity contribution in [2.24, 2.45) is 7.05 Å². The molecule has 0 spiro atoms. The predicted octanol–water partition coefficient (Wildman–Crippen LogP) is 2.32. The molecule has 2 rings (SSSR count). The zero-order valence-corrected chi connectivity index (χ0v) is 13.8. The minimum absolute atomic E-state index is 0.00501. The van der Waals surface area contributed by atoms with Gasteiger partial charge < -0.3 is 10.4 Å². The first-order valence-electron chi connectivity index (χ1n) is 7.51. The summed E-state index contributed by atoms with van der Waals surface area (Å²) in [5, 5.41) is 17.3. The quantitative estimate of drug-likeness (QED) is 0.889. The molecule has 1 aromatic heterocycles. The number of rotatable bonds is 5. The van der Waals surface area contributed by atoms with Crippen LogP contribution in [0, 0.1) is 5.82 Å². The fraction of sp³-hybridized carbons (Fsp3) is 0.412. The van der Waals surface area contributed by atoms with Crippen molar-refractivity contribution in [3.05, 3.63) is 53.1 Å². The highest BCUT2D eigenvalue weighted by Gasteiger charge is 2.25. The number of aryl methyl sites for hydroxylation is 1. The van der Waals surface area contributed by atoms with Crippen molar-refractivity contribution in [3.63, 3.8) is 0 Å². The summed E-state index contributed by atoms with van der Waals surface area (Å²) in [5.74, 6) is -0.463. The molecule has 0 aliphatic carbocycles. The van der Waals surface area contributed by atoms with E-state index in [4.69, 9.17) is 0 Å². The summed E-state index contributed by atoms with van der Waals surface area (Å²) in [7, 11) is 1.79. The maximum atomic E-state index is 13.0. The van der Waals surface area contributed by atoms with E-state index in [0.717, 1.165) is 5.69 Å². The van der Waals surface area contributed by atoms with E-state index in [1.165, 1.54) is 24.3 Å². The highest BCUT2D eigenvalue weighted by Crippen LogP contribution is 2.20. The molecule has 2 aromatic rings. The number of halogens is 1. The van der Waals surface area contributed by atoms with E-state index in [0.29, 0.717) is 11.3 Å². The van der Waals surface area contributed by atoms with Gasteiger partial charge in [-0.2, -0.15) is 5.10 Å². The SMILES string of the molecule is CC(C)c1cc(C(=O)NCC(C)(O)c2ccc(F)cc2)nn1C. The summed E-state index contributed by atoms with van der Waals surface area (Å²) < 4.78 is 14.6. The van der Waals surface area contributed by atoms with Gasteiger partial charge in [-0.15, -0.1) is 0 Å². The average Bonchev–Trinajstić information content (AvgIpc) is 2.87. The van der Waals surface area contributed by atoms with E-state index in [9.17, 15) is 14.3 Å². The predicted molar refractivity (Wildman–Crippen MR) is 85.6 cm³/mol. The van der Waals surface area contributed by atoms with Crippen molar-refractivity contribution in [2.75, 3.05) is 6.54 Å². The van der Waals surface area contributed by atoms with Gasteiger partial charge in [0.1, 0.15) is 17.1 Å². The first-order chi connectivity index (χ1) is 10.7. The molecule has 23 heavy (non-hydrogen) atoms. The maximum absolute atomic E-state index is 13.0. The zero-order chi connectivity index (χ0) is 17.2. The Morgan fingerprint density at radius 3 is 2.52 bits per heavy atom. The van der Waals surface area contributed by atoms with Gasteiger partial charge in [-0.05, 0) is 36.6 Å². The second-order valence-electron chi connectivity index (χ2n) is 6.20. The highest BCUT2D eigenvalue weighted by atomic mass is 19.1. The van der Waals surface area contributed by atoms with Gasteiger partial charge >= 0.3 is 0 Å². The summed E-state index contributed by atoms with van der Waals surface area (Å²) in [6.07, 6.45) is 0. The minimum atomic E-state index is -1.29. The summed E-state index contributed by atoms with van der Waals surface area (Å²) in [6.45, 7) is 5.62. The topological polar surface area (TPSA) is 67.2 Å². The third-order valence-electron chi connectivity index (χ3n) is 3.80. The van der Waals surface area contributed by atoms with Crippen LogP contribution in [0.25, 0.3) is 0 Å². The van der Waals surface area contributed by atoms with Crippen molar-refractivity contribution in [2.45, 2.75) is 32.3 Å². The van der Waals surface area contributed by atoms with Gasteiger partial charge in [-0.1, -0.05) is 26.0 Å². The number of carbonyl (C=O) groups excluding carboxylic acids is 1. The Labute approximate surface area is 135 Å². The van der Waals surface area contributed by atoms with Gasteiger partial charge in [-0.25, -0.2) is 4.39 Å². The molecule has 1 heterocycles. The number of hydrogen-bond acceptors (Lipinski definition) is 3. The van der Waals surface area contributed by atoms with Gasteiger partial charge in [0.2, 0.25) is 0 Å². The van der Waals surface area contributed by atoms with E-state index in [-0.39, 0.29) is 24.2 Å². The summed E-state index contributed by atoms with van der Waals surface area (Å²) in [4.78, 5) is 12.2. The number of nitrogens with zero attached hydrogens (tertiary/aromatic N) is 2. The van der Waals surface area contributed by atoms with Gasteiger partial charge in [-0.3, -0.25) is 9.48 Å². The number of carbonyl (C=O) groups is 1. The van der Waals surface area contributed by atoms with E-state index in [1.807, 2.05) is 13.8 Å². The molecule has 1 aromatic carbocycles. The Bertz CT molecular complexity index is 690. The normalized spacial score (nSPS) is 13.9. The van der Waals surface area contributed by atoms with Crippen LogP contribution in [0.15, 0.2) is 30.3 Å². The van der Waals surface area contributed by atoms with Crippen molar-refractivity contribution in [1.29, 1.82) is 0 Å². The first kappa shape index (κ1) is 17.1. The van der Waals surface area contributed by atoms with Gasteiger partial charge in [0.05, 0.1) is 6.54 Å². The van der Waals surface area contributed by atoms with Crippen molar-refractivity contribution >= 4 is 5.91 Å². The number of amides is 1. The number of aromatic nitrogens is 2. The molecule has 1 amide bonds. The molecular formula is C17H22FN3O2. The van der Waals surface area contributed by atoms with E-state index in [2.05, 4.69) is 10.4 Å². The standard InChI is InChI=1S/C17H22FN3O2/c1-11(2)15-9-14(20-21(15)4)16(22)19-10-17(3,23)12-5-7-13(18)8-6-12/h5-9,11,23H,10H2,1-4H3,(H,19,22). The molecule has 2 N–H and O–H groups in total. The van der Waals surface area contributed by atoms with E-state index >= 15 is 0 Å². The van der Waals surface area contributed by atoms with Crippen LogP contribution in [0.4, 0.5) is 4.39 Å². The third kappa shape index (κ3) is 3.96. The maximum Gasteiger partial charge on any atom is 0.271 e.